The van der Waals surface area contributed by atoms with Crippen LogP contribution in [-0.2, 0) is 0 Å². The molecule has 4 nitrogen and oxygen atoms in total. The molecule has 1 unspecified atom stereocenters. The van der Waals surface area contributed by atoms with Crippen LogP contribution in [0.4, 0.5) is 5.69 Å². The van der Waals surface area contributed by atoms with Gasteiger partial charge in [-0.2, -0.15) is 5.10 Å². The topological polar surface area (TPSA) is 44.7 Å². The zero-order valence-corrected chi connectivity index (χ0v) is 22.2. The van der Waals surface area contributed by atoms with E-state index in [1.54, 1.807) is 5.01 Å². The minimum absolute atomic E-state index is 0.136. The Morgan fingerprint density at radius 2 is 1.12 bits per heavy atom. The van der Waals surface area contributed by atoms with Gasteiger partial charge in [-0.25, -0.2) is 5.01 Å². The van der Waals surface area contributed by atoms with Gasteiger partial charge in [-0.05, 0) is 67.4 Å². The van der Waals surface area contributed by atoms with Gasteiger partial charge >= 0.3 is 0 Å². The molecule has 1 heterocycles. The summed E-state index contributed by atoms with van der Waals surface area (Å²) < 4.78 is 0. The molecule has 0 radical (unpaired) electrons. The molecule has 0 saturated heterocycles. The van der Waals surface area contributed by atoms with Crippen LogP contribution in [0.25, 0.3) is 43.1 Å². The summed E-state index contributed by atoms with van der Waals surface area (Å²) in [6.45, 7) is 0. The molecule has 4 heteroatoms. The second-order valence-corrected chi connectivity index (χ2v) is 10.5. The van der Waals surface area contributed by atoms with E-state index in [0.717, 1.165) is 49.1 Å². The molecular weight excluding hydrogens is 502 g/mol. The molecule has 7 aromatic rings. The van der Waals surface area contributed by atoms with Crippen molar-refractivity contribution in [1.29, 1.82) is 0 Å². The predicted molar refractivity (Wildman–Crippen MR) is 169 cm³/mol. The second-order valence-electron chi connectivity index (χ2n) is 10.5. The third kappa shape index (κ3) is 3.76. The molecular formula is C37H25N3O. The largest absolute Gasteiger partial charge is 0.359 e. The van der Waals surface area contributed by atoms with Crippen LogP contribution < -0.4 is 5.32 Å². The Morgan fingerprint density at radius 3 is 1.85 bits per heavy atom. The van der Waals surface area contributed by atoms with E-state index in [1.165, 1.54) is 10.8 Å². The number of carbonyl (C=O) groups is 1. The van der Waals surface area contributed by atoms with Crippen LogP contribution >= 0.6 is 0 Å². The van der Waals surface area contributed by atoms with Crippen molar-refractivity contribution in [2.75, 3.05) is 5.32 Å². The van der Waals surface area contributed by atoms with Gasteiger partial charge in [0.05, 0.1) is 11.8 Å². The van der Waals surface area contributed by atoms with Crippen LogP contribution in [0, 0.1) is 0 Å². The molecule has 1 N–H and O–H groups in total. The lowest BCUT2D eigenvalue weighted by Crippen LogP contribution is -2.39. The van der Waals surface area contributed by atoms with Crippen molar-refractivity contribution in [3.8, 4) is 0 Å². The number of hydrogen-bond donors (Lipinski definition) is 1. The Balaban J connectivity index is 1.34. The first kappa shape index (κ1) is 23.4. The quantitative estimate of drug-likeness (QED) is 0.184. The van der Waals surface area contributed by atoms with Crippen molar-refractivity contribution in [2.24, 2.45) is 5.10 Å². The lowest BCUT2D eigenvalue weighted by atomic mass is 9.94. The molecule has 0 aromatic heterocycles. The van der Waals surface area contributed by atoms with Gasteiger partial charge in [-0.15, -0.1) is 0 Å². The summed E-state index contributed by atoms with van der Waals surface area (Å²) in [6, 6.07) is 45.5. The van der Waals surface area contributed by atoms with Crippen LogP contribution in [-0.4, -0.2) is 17.1 Å². The molecule has 7 aromatic carbocycles. The Labute approximate surface area is 237 Å². The monoisotopic (exact) mass is 527 g/mol. The molecule has 0 saturated carbocycles. The number of nitrogens with zero attached hydrogens (tertiary/aromatic N) is 2. The maximum atomic E-state index is 14.1. The third-order valence-electron chi connectivity index (χ3n) is 8.12. The molecule has 0 bridgehead atoms. The van der Waals surface area contributed by atoms with E-state index >= 15 is 0 Å². The van der Waals surface area contributed by atoms with Gasteiger partial charge in [0.1, 0.15) is 0 Å². The minimum Gasteiger partial charge on any atom is -0.359 e. The summed E-state index contributed by atoms with van der Waals surface area (Å²) in [5, 5.41) is 19.3. The highest BCUT2D eigenvalue weighted by Gasteiger charge is 2.34. The number of amides is 1. The van der Waals surface area contributed by atoms with Crippen LogP contribution in [0.2, 0.25) is 0 Å². The van der Waals surface area contributed by atoms with Crippen molar-refractivity contribution < 1.29 is 4.79 Å². The van der Waals surface area contributed by atoms with E-state index in [1.807, 2.05) is 48.7 Å². The number of para-hydroxylation sites is 1. The Hall–Kier alpha value is -5.48. The Morgan fingerprint density at radius 1 is 0.585 bits per heavy atom. The molecule has 41 heavy (non-hydrogen) atoms. The predicted octanol–water partition coefficient (Wildman–Crippen LogP) is 8.90. The van der Waals surface area contributed by atoms with Crippen molar-refractivity contribution in [1.82, 2.24) is 5.01 Å². The number of fused-ring (bicyclic) bond motifs is 7. The Bertz CT molecular complexity index is 2180. The average molecular weight is 528 g/mol. The number of carbonyl (C=O) groups excluding carboxylic acids is 1. The standard InChI is InChI=1S/C37H25N3O/c41-37-33-19-9-10-20-35(33)39-36(34-22-25-12-2-4-14-28(25)31-17-7-8-18-32(31)34)40(37)38-23-26-21-24-11-1-3-13-27(24)30-16-6-5-15-29(26)30/h1-23,36,39H/b38-23+. The molecule has 1 aliphatic rings. The summed E-state index contributed by atoms with van der Waals surface area (Å²) in [5.41, 5.74) is 3.38. The maximum Gasteiger partial charge on any atom is 0.278 e. The highest BCUT2D eigenvalue weighted by molar-refractivity contribution is 6.14. The molecule has 194 valence electrons. The second kappa shape index (κ2) is 9.32. The molecule has 1 amide bonds. The third-order valence-corrected chi connectivity index (χ3v) is 8.12. The number of hydrazone groups is 1. The molecule has 1 aliphatic heterocycles. The van der Waals surface area contributed by atoms with E-state index in [-0.39, 0.29) is 5.91 Å². The van der Waals surface area contributed by atoms with Gasteiger partial charge in [0.15, 0.2) is 6.17 Å². The lowest BCUT2D eigenvalue weighted by Gasteiger charge is -2.35. The van der Waals surface area contributed by atoms with Crippen LogP contribution in [0.3, 0.4) is 0 Å². The van der Waals surface area contributed by atoms with Gasteiger partial charge in [0.25, 0.3) is 5.91 Å². The van der Waals surface area contributed by atoms with Crippen molar-refractivity contribution in [2.45, 2.75) is 6.17 Å². The molecule has 1 atom stereocenters. The van der Waals surface area contributed by atoms with Crippen LogP contribution in [0.15, 0.2) is 139 Å². The summed E-state index contributed by atoms with van der Waals surface area (Å²) in [7, 11) is 0. The van der Waals surface area contributed by atoms with Crippen LogP contribution in [0.1, 0.15) is 27.7 Å². The Kier molecular flexibility index (Phi) is 5.32. The number of anilines is 1. The lowest BCUT2D eigenvalue weighted by molar-refractivity contribution is 0.0692. The van der Waals surface area contributed by atoms with Crippen molar-refractivity contribution in [3.05, 3.63) is 150 Å². The first-order valence-corrected chi connectivity index (χ1v) is 13.8. The summed E-state index contributed by atoms with van der Waals surface area (Å²) in [5.74, 6) is -0.136. The fourth-order valence-corrected chi connectivity index (χ4v) is 6.20. The van der Waals surface area contributed by atoms with E-state index < -0.39 is 6.17 Å². The molecule has 0 aliphatic carbocycles. The van der Waals surface area contributed by atoms with E-state index in [4.69, 9.17) is 5.10 Å². The number of nitrogens with one attached hydrogen (secondary N) is 1. The fraction of sp³-hybridized carbons (Fsp3) is 0.0270. The normalized spacial score (nSPS) is 15.2. The number of hydrogen-bond acceptors (Lipinski definition) is 3. The van der Waals surface area contributed by atoms with Crippen molar-refractivity contribution in [3.63, 3.8) is 0 Å². The molecule has 0 spiro atoms. The fourth-order valence-electron chi connectivity index (χ4n) is 6.20. The van der Waals surface area contributed by atoms with E-state index in [0.29, 0.717) is 5.56 Å². The highest BCUT2D eigenvalue weighted by Crippen LogP contribution is 2.39. The first-order valence-electron chi connectivity index (χ1n) is 13.8. The summed E-state index contributed by atoms with van der Waals surface area (Å²) in [6.07, 6.45) is 1.34. The maximum absolute atomic E-state index is 14.1. The average Bonchev–Trinajstić information content (AvgIpc) is 3.04. The molecule has 8 rings (SSSR count). The van der Waals surface area contributed by atoms with Crippen LogP contribution in [0.5, 0.6) is 0 Å². The van der Waals surface area contributed by atoms with E-state index in [2.05, 4.69) is 96.3 Å². The van der Waals surface area contributed by atoms with Gasteiger partial charge in [-0.1, -0.05) is 109 Å². The molecule has 0 fully saturated rings. The van der Waals surface area contributed by atoms with Gasteiger partial charge in [0, 0.05) is 16.8 Å². The van der Waals surface area contributed by atoms with Gasteiger partial charge in [0.2, 0.25) is 0 Å². The van der Waals surface area contributed by atoms with Crippen molar-refractivity contribution >= 4 is 60.9 Å². The zero-order chi connectivity index (χ0) is 27.3. The zero-order valence-electron chi connectivity index (χ0n) is 22.2. The number of benzene rings is 7. The number of rotatable bonds is 3. The van der Waals surface area contributed by atoms with Gasteiger partial charge < -0.3 is 5.32 Å². The van der Waals surface area contributed by atoms with Gasteiger partial charge in [-0.3, -0.25) is 4.79 Å². The summed E-state index contributed by atoms with van der Waals surface area (Å²) in [4.78, 5) is 14.1. The smallest absolute Gasteiger partial charge is 0.278 e. The summed E-state index contributed by atoms with van der Waals surface area (Å²) >= 11 is 0. The minimum atomic E-state index is -0.491. The first-order chi connectivity index (χ1) is 20.3. The van der Waals surface area contributed by atoms with E-state index in [9.17, 15) is 4.79 Å². The SMILES string of the molecule is O=C1c2ccccc2NC(c2cc3ccccc3c3ccccc23)N1/N=C/c1cc2ccccc2c2ccccc12. The highest BCUT2D eigenvalue weighted by atomic mass is 16.2.